The number of hydrogen-bond donors (Lipinski definition) is 2. The number of rotatable bonds is 6. The number of halogens is 8. The SMILES string of the molecule is CC(C)(C)OC(=O)NC(Cc1ccc(Cl)c(Cl)c1)c1[nH]ncc1Cc1cc(C(F)(F)F)cc(C(F)(F)F)c1. The highest BCUT2D eigenvalue weighted by Gasteiger charge is 2.37. The van der Waals surface area contributed by atoms with Gasteiger partial charge in [0.25, 0.3) is 0 Å². The Labute approximate surface area is 224 Å². The summed E-state index contributed by atoms with van der Waals surface area (Å²) in [6, 6.07) is 5.31. The molecule has 2 N–H and O–H groups in total. The van der Waals surface area contributed by atoms with E-state index in [1.54, 1.807) is 39.0 Å². The second-order valence-electron chi connectivity index (χ2n) is 9.55. The van der Waals surface area contributed by atoms with Crippen LogP contribution in [0.3, 0.4) is 0 Å². The van der Waals surface area contributed by atoms with Crippen LogP contribution in [0, 0.1) is 0 Å². The Morgan fingerprint density at radius 3 is 2.08 bits per heavy atom. The van der Waals surface area contributed by atoms with Gasteiger partial charge in [0.1, 0.15) is 5.60 Å². The highest BCUT2D eigenvalue weighted by Crippen LogP contribution is 2.37. The van der Waals surface area contributed by atoms with Crippen molar-refractivity contribution < 1.29 is 35.9 Å². The van der Waals surface area contributed by atoms with Crippen molar-refractivity contribution in [3.05, 3.63) is 86.2 Å². The molecule has 0 saturated heterocycles. The van der Waals surface area contributed by atoms with Crippen LogP contribution in [-0.2, 0) is 29.9 Å². The normalized spacial score (nSPS) is 13.3. The number of amides is 1. The molecule has 1 unspecified atom stereocenters. The Hall–Kier alpha value is -2.92. The van der Waals surface area contributed by atoms with E-state index in [4.69, 9.17) is 27.9 Å². The van der Waals surface area contributed by atoms with Gasteiger partial charge in [0.2, 0.25) is 0 Å². The molecule has 206 valence electrons. The number of alkyl carbamates (subject to hydrolysis) is 1. The molecule has 0 aliphatic carbocycles. The minimum Gasteiger partial charge on any atom is -0.444 e. The van der Waals surface area contributed by atoms with E-state index in [0.29, 0.717) is 22.7 Å². The van der Waals surface area contributed by atoms with Crippen LogP contribution in [0.2, 0.25) is 10.0 Å². The molecule has 0 spiro atoms. The Bertz CT molecular complexity index is 1270. The van der Waals surface area contributed by atoms with Crippen molar-refractivity contribution in [3.8, 4) is 0 Å². The third-order valence-electron chi connectivity index (χ3n) is 5.26. The maximum absolute atomic E-state index is 13.3. The van der Waals surface area contributed by atoms with E-state index in [0.717, 1.165) is 0 Å². The molecule has 0 radical (unpaired) electrons. The molecule has 5 nitrogen and oxygen atoms in total. The lowest BCUT2D eigenvalue weighted by atomic mass is 9.95. The summed E-state index contributed by atoms with van der Waals surface area (Å²) in [6.45, 7) is 4.98. The molecule has 0 aliphatic heterocycles. The molecule has 0 fully saturated rings. The van der Waals surface area contributed by atoms with Gasteiger partial charge < -0.3 is 10.1 Å². The number of carbonyl (C=O) groups excluding carboxylic acids is 1. The van der Waals surface area contributed by atoms with E-state index in [1.807, 2.05) is 0 Å². The largest absolute Gasteiger partial charge is 0.444 e. The van der Waals surface area contributed by atoms with Gasteiger partial charge >= 0.3 is 18.4 Å². The number of alkyl halides is 6. The summed E-state index contributed by atoms with van der Waals surface area (Å²) >= 11 is 12.1. The van der Waals surface area contributed by atoms with Gasteiger partial charge in [-0.1, -0.05) is 29.3 Å². The van der Waals surface area contributed by atoms with Gasteiger partial charge in [-0.25, -0.2) is 4.79 Å². The molecular formula is C25H23Cl2F6N3O2. The zero-order valence-electron chi connectivity index (χ0n) is 20.3. The average molecular weight is 582 g/mol. The first-order valence-electron chi connectivity index (χ1n) is 11.2. The molecule has 1 atom stereocenters. The first kappa shape index (κ1) is 29.6. The third-order valence-corrected chi connectivity index (χ3v) is 6.00. The third kappa shape index (κ3) is 8.04. The standard InChI is InChI=1S/C25H23Cl2F6N3O2/c1-23(2,3)38-22(37)35-20(10-13-4-5-18(26)19(27)9-13)21-15(12-34-36-21)6-14-7-16(24(28,29)30)11-17(8-14)25(31,32)33/h4-5,7-9,11-12,20H,6,10H2,1-3H3,(H,34,36)(H,35,37). The second-order valence-corrected chi connectivity index (χ2v) is 10.4. The van der Waals surface area contributed by atoms with Crippen LogP contribution in [0.5, 0.6) is 0 Å². The summed E-state index contributed by atoms with van der Waals surface area (Å²) in [4.78, 5) is 12.6. The number of H-pyrrole nitrogens is 1. The van der Waals surface area contributed by atoms with E-state index >= 15 is 0 Å². The van der Waals surface area contributed by atoms with Crippen molar-refractivity contribution in [2.24, 2.45) is 0 Å². The van der Waals surface area contributed by atoms with Crippen LogP contribution in [0.15, 0.2) is 42.6 Å². The summed E-state index contributed by atoms with van der Waals surface area (Å²) in [7, 11) is 0. The number of aromatic amines is 1. The fourth-order valence-corrected chi connectivity index (χ4v) is 4.00. The van der Waals surface area contributed by atoms with Crippen LogP contribution in [-0.4, -0.2) is 21.9 Å². The summed E-state index contributed by atoms with van der Waals surface area (Å²) in [5, 5.41) is 9.88. The minimum atomic E-state index is -4.98. The van der Waals surface area contributed by atoms with E-state index in [9.17, 15) is 31.1 Å². The van der Waals surface area contributed by atoms with Gasteiger partial charge in [-0.2, -0.15) is 31.4 Å². The number of hydrogen-bond acceptors (Lipinski definition) is 3. The lowest BCUT2D eigenvalue weighted by Crippen LogP contribution is -2.36. The van der Waals surface area contributed by atoms with E-state index in [2.05, 4.69) is 15.5 Å². The number of ether oxygens (including phenoxy) is 1. The van der Waals surface area contributed by atoms with Crippen LogP contribution in [0.1, 0.15) is 60.3 Å². The van der Waals surface area contributed by atoms with Crippen molar-refractivity contribution in [1.82, 2.24) is 15.5 Å². The molecular weight excluding hydrogens is 559 g/mol. The molecule has 1 aromatic heterocycles. The molecule has 1 heterocycles. The predicted molar refractivity (Wildman–Crippen MR) is 130 cm³/mol. The fraction of sp³-hybridized carbons (Fsp3) is 0.360. The van der Waals surface area contributed by atoms with Crippen LogP contribution < -0.4 is 5.32 Å². The Balaban J connectivity index is 2.00. The average Bonchev–Trinajstić information content (AvgIpc) is 3.21. The maximum atomic E-state index is 13.3. The van der Waals surface area contributed by atoms with Crippen LogP contribution in [0.4, 0.5) is 31.1 Å². The maximum Gasteiger partial charge on any atom is 0.416 e. The quantitative estimate of drug-likeness (QED) is 0.289. The van der Waals surface area contributed by atoms with Crippen molar-refractivity contribution in [3.63, 3.8) is 0 Å². The summed E-state index contributed by atoms with van der Waals surface area (Å²) < 4.78 is 85.4. The molecule has 2 aromatic carbocycles. The summed E-state index contributed by atoms with van der Waals surface area (Å²) in [5.74, 6) is 0. The van der Waals surface area contributed by atoms with Crippen molar-refractivity contribution in [2.45, 2.75) is 57.6 Å². The van der Waals surface area contributed by atoms with Gasteiger partial charge in [0, 0.05) is 6.42 Å². The predicted octanol–water partition coefficient (Wildman–Crippen LogP) is 8.15. The summed E-state index contributed by atoms with van der Waals surface area (Å²) in [6.07, 6.45) is -9.68. The number of aromatic nitrogens is 2. The Morgan fingerprint density at radius 1 is 0.947 bits per heavy atom. The second kappa shape index (κ2) is 11.1. The zero-order chi connectivity index (χ0) is 28.5. The first-order valence-corrected chi connectivity index (χ1v) is 11.9. The Kier molecular flexibility index (Phi) is 8.62. The zero-order valence-corrected chi connectivity index (χ0v) is 21.8. The lowest BCUT2D eigenvalue weighted by Gasteiger charge is -2.24. The molecule has 0 bridgehead atoms. The molecule has 0 aliphatic rings. The van der Waals surface area contributed by atoms with Crippen LogP contribution >= 0.6 is 23.2 Å². The first-order chi connectivity index (χ1) is 17.4. The highest BCUT2D eigenvalue weighted by molar-refractivity contribution is 6.42. The summed E-state index contributed by atoms with van der Waals surface area (Å²) in [5.41, 5.74) is -2.73. The number of benzene rings is 2. The lowest BCUT2D eigenvalue weighted by molar-refractivity contribution is -0.143. The monoisotopic (exact) mass is 581 g/mol. The minimum absolute atomic E-state index is 0.0664. The highest BCUT2D eigenvalue weighted by atomic mass is 35.5. The Morgan fingerprint density at radius 2 is 1.55 bits per heavy atom. The van der Waals surface area contributed by atoms with Gasteiger partial charge in [0.05, 0.1) is 39.1 Å². The number of carbonyl (C=O) groups is 1. The van der Waals surface area contributed by atoms with Gasteiger partial charge in [-0.05, 0) is 74.2 Å². The van der Waals surface area contributed by atoms with E-state index < -0.39 is 41.2 Å². The van der Waals surface area contributed by atoms with Gasteiger partial charge in [0.15, 0.2) is 0 Å². The smallest absolute Gasteiger partial charge is 0.416 e. The number of nitrogens with zero attached hydrogens (tertiary/aromatic N) is 1. The number of nitrogens with one attached hydrogen (secondary N) is 2. The van der Waals surface area contributed by atoms with E-state index in [-0.39, 0.29) is 40.8 Å². The molecule has 3 rings (SSSR count). The topological polar surface area (TPSA) is 67.0 Å². The van der Waals surface area contributed by atoms with Crippen molar-refractivity contribution in [2.75, 3.05) is 0 Å². The fourth-order valence-electron chi connectivity index (χ4n) is 3.68. The van der Waals surface area contributed by atoms with Crippen molar-refractivity contribution >= 4 is 29.3 Å². The van der Waals surface area contributed by atoms with Gasteiger partial charge in [-0.3, -0.25) is 5.10 Å². The molecule has 13 heteroatoms. The molecule has 3 aromatic rings. The molecule has 38 heavy (non-hydrogen) atoms. The molecule has 0 saturated carbocycles. The van der Waals surface area contributed by atoms with Crippen LogP contribution in [0.25, 0.3) is 0 Å². The van der Waals surface area contributed by atoms with E-state index in [1.165, 1.54) is 6.20 Å². The van der Waals surface area contributed by atoms with Gasteiger partial charge in [-0.15, -0.1) is 0 Å². The van der Waals surface area contributed by atoms with Crippen molar-refractivity contribution in [1.29, 1.82) is 0 Å². The molecule has 1 amide bonds.